The van der Waals surface area contributed by atoms with Gasteiger partial charge in [0.2, 0.25) is 5.75 Å². The third-order valence-corrected chi connectivity index (χ3v) is 4.82. The monoisotopic (exact) mass is 457 g/mol. The fourth-order valence-electron chi connectivity index (χ4n) is 2.94. The van der Waals surface area contributed by atoms with E-state index in [1.807, 2.05) is 0 Å². The first-order valence-electron chi connectivity index (χ1n) is 8.80. The van der Waals surface area contributed by atoms with Crippen LogP contribution in [0.1, 0.15) is 0 Å². The molecule has 0 saturated carbocycles. The van der Waals surface area contributed by atoms with Crippen LogP contribution >= 0.6 is 0 Å². The fraction of sp³-hybridized carbons (Fsp3) is 0.0526. The first kappa shape index (κ1) is 20.9. The maximum atomic E-state index is 11.8. The van der Waals surface area contributed by atoms with Crippen molar-refractivity contribution in [1.82, 2.24) is 19.9 Å². The zero-order valence-electron chi connectivity index (χ0n) is 16.3. The molecule has 0 aliphatic carbocycles. The van der Waals surface area contributed by atoms with Crippen molar-refractivity contribution >= 4 is 27.1 Å². The van der Waals surface area contributed by atoms with Gasteiger partial charge in [-0.1, -0.05) is 0 Å². The number of phenolic OH excluding ortho intramolecular Hbond substituents is 4. The molecule has 0 unspecified atom stereocenters. The molecule has 6 N–H and O–H groups in total. The van der Waals surface area contributed by atoms with Crippen LogP contribution in [0.25, 0.3) is 33.7 Å². The van der Waals surface area contributed by atoms with Gasteiger partial charge in [-0.15, -0.1) is 0 Å². The van der Waals surface area contributed by atoms with Gasteiger partial charge in [-0.25, -0.2) is 19.9 Å². The molecule has 0 bridgehead atoms. The molecule has 13 heteroatoms. The predicted molar refractivity (Wildman–Crippen MR) is 113 cm³/mol. The van der Waals surface area contributed by atoms with Crippen LogP contribution in [0, 0.1) is 0 Å². The molecule has 0 radical (unpaired) electrons. The van der Waals surface area contributed by atoms with Crippen molar-refractivity contribution < 1.29 is 33.0 Å². The zero-order valence-corrected chi connectivity index (χ0v) is 17.1. The van der Waals surface area contributed by atoms with Gasteiger partial charge in [0.1, 0.15) is 12.0 Å². The summed E-state index contributed by atoms with van der Waals surface area (Å²) in [5.74, 6) is -2.87. The molecular weight excluding hydrogens is 442 g/mol. The van der Waals surface area contributed by atoms with E-state index in [0.29, 0.717) is 0 Å². The standard InChI is InChI=1S/C19H15N5O7S/c1-32(29,30)31-17-9(3-5-11(26)16(17)28)14-13(8-2-4-10(25)12(27)6-8)23-15-18(20)21-7-22-19(15)24-14/h2-7,25-28H,1H3,(H2,20,21,22,24). The van der Waals surface area contributed by atoms with Gasteiger partial charge in [0, 0.05) is 5.56 Å². The molecule has 2 aromatic heterocycles. The van der Waals surface area contributed by atoms with Crippen molar-refractivity contribution in [2.45, 2.75) is 0 Å². The van der Waals surface area contributed by atoms with E-state index < -0.39 is 33.1 Å². The normalized spacial score (nSPS) is 11.5. The van der Waals surface area contributed by atoms with Crippen molar-refractivity contribution in [1.29, 1.82) is 0 Å². The summed E-state index contributed by atoms with van der Waals surface area (Å²) in [6, 6.07) is 6.21. The van der Waals surface area contributed by atoms with Gasteiger partial charge in [-0.05, 0) is 30.3 Å². The highest BCUT2D eigenvalue weighted by Gasteiger charge is 2.25. The molecule has 0 saturated heterocycles. The highest BCUT2D eigenvalue weighted by Crippen LogP contribution is 2.46. The quantitative estimate of drug-likeness (QED) is 0.219. The molecule has 32 heavy (non-hydrogen) atoms. The van der Waals surface area contributed by atoms with E-state index in [1.165, 1.54) is 24.3 Å². The summed E-state index contributed by atoms with van der Waals surface area (Å²) in [4.78, 5) is 16.7. The first-order valence-corrected chi connectivity index (χ1v) is 10.6. The minimum absolute atomic E-state index is 0.0134. The molecule has 0 spiro atoms. The second-order valence-corrected chi connectivity index (χ2v) is 8.23. The number of benzene rings is 2. The smallest absolute Gasteiger partial charge is 0.306 e. The van der Waals surface area contributed by atoms with Gasteiger partial charge in [0.05, 0.1) is 17.5 Å². The Morgan fingerprint density at radius 3 is 2.31 bits per heavy atom. The van der Waals surface area contributed by atoms with Crippen LogP contribution in [0.4, 0.5) is 5.82 Å². The fourth-order valence-corrected chi connectivity index (χ4v) is 3.41. The van der Waals surface area contributed by atoms with Gasteiger partial charge >= 0.3 is 10.1 Å². The molecule has 4 rings (SSSR count). The first-order chi connectivity index (χ1) is 15.0. The third-order valence-electron chi connectivity index (χ3n) is 4.35. The zero-order chi connectivity index (χ0) is 23.2. The number of nitrogens with zero attached hydrogens (tertiary/aromatic N) is 4. The molecule has 0 fully saturated rings. The Labute approximate surface area is 180 Å². The number of hydrogen-bond acceptors (Lipinski definition) is 12. The molecule has 0 aliphatic heterocycles. The Balaban J connectivity index is 2.11. The van der Waals surface area contributed by atoms with Crippen LogP contribution in [-0.2, 0) is 10.1 Å². The molecular formula is C19H15N5O7S. The Morgan fingerprint density at radius 1 is 0.906 bits per heavy atom. The highest BCUT2D eigenvalue weighted by atomic mass is 32.2. The average Bonchev–Trinajstić information content (AvgIpc) is 2.72. The Morgan fingerprint density at radius 2 is 1.62 bits per heavy atom. The van der Waals surface area contributed by atoms with Gasteiger partial charge in [0.15, 0.2) is 40.0 Å². The lowest BCUT2D eigenvalue weighted by molar-refractivity contribution is 0.385. The summed E-state index contributed by atoms with van der Waals surface area (Å²) in [7, 11) is -4.12. The van der Waals surface area contributed by atoms with Gasteiger partial charge in [-0.3, -0.25) is 0 Å². The molecule has 2 heterocycles. The largest absolute Gasteiger partial charge is 0.504 e. The van der Waals surface area contributed by atoms with Crippen LogP contribution in [0.2, 0.25) is 0 Å². The number of aromatic hydroxyl groups is 4. The average molecular weight is 457 g/mol. The van der Waals surface area contributed by atoms with Crippen molar-refractivity contribution in [3.8, 4) is 51.3 Å². The van der Waals surface area contributed by atoms with E-state index in [9.17, 15) is 28.8 Å². The molecule has 0 atom stereocenters. The van der Waals surface area contributed by atoms with Gasteiger partial charge < -0.3 is 30.3 Å². The SMILES string of the molecule is CS(=O)(=O)Oc1c(-c2nc3ncnc(N)c3nc2-c2ccc(O)c(O)c2)ccc(O)c1O. The van der Waals surface area contributed by atoms with E-state index >= 15 is 0 Å². The summed E-state index contributed by atoms with van der Waals surface area (Å²) in [5, 5.41) is 39.8. The van der Waals surface area contributed by atoms with E-state index in [4.69, 9.17) is 9.92 Å². The van der Waals surface area contributed by atoms with Gasteiger partial charge in [-0.2, -0.15) is 8.42 Å². The molecule has 4 aromatic rings. The van der Waals surface area contributed by atoms with Crippen LogP contribution in [-0.4, -0.2) is 55.0 Å². The number of aromatic nitrogens is 4. The van der Waals surface area contributed by atoms with E-state index in [2.05, 4.69) is 19.9 Å². The van der Waals surface area contributed by atoms with Crippen molar-refractivity contribution in [3.05, 3.63) is 36.7 Å². The number of anilines is 1. The molecule has 12 nitrogen and oxygen atoms in total. The number of fused-ring (bicyclic) bond motifs is 1. The Hall–Kier alpha value is -4.39. The van der Waals surface area contributed by atoms with Crippen LogP contribution in [0.5, 0.6) is 28.7 Å². The molecule has 0 amide bonds. The van der Waals surface area contributed by atoms with E-state index in [1.54, 1.807) is 0 Å². The van der Waals surface area contributed by atoms with Crippen molar-refractivity contribution in [2.24, 2.45) is 0 Å². The summed E-state index contributed by atoms with van der Waals surface area (Å²) in [5.41, 5.74) is 6.30. The van der Waals surface area contributed by atoms with Crippen LogP contribution in [0.15, 0.2) is 36.7 Å². The van der Waals surface area contributed by atoms with Crippen molar-refractivity contribution in [2.75, 3.05) is 12.0 Å². The van der Waals surface area contributed by atoms with Crippen LogP contribution in [0.3, 0.4) is 0 Å². The topological polar surface area (TPSA) is 202 Å². The van der Waals surface area contributed by atoms with E-state index in [-0.39, 0.29) is 45.2 Å². The molecule has 2 aromatic carbocycles. The summed E-state index contributed by atoms with van der Waals surface area (Å²) >= 11 is 0. The minimum atomic E-state index is -4.12. The minimum Gasteiger partial charge on any atom is -0.504 e. The second kappa shape index (κ2) is 7.39. The summed E-state index contributed by atoms with van der Waals surface area (Å²) in [6.45, 7) is 0. The van der Waals surface area contributed by atoms with Crippen molar-refractivity contribution in [3.63, 3.8) is 0 Å². The van der Waals surface area contributed by atoms with Crippen LogP contribution < -0.4 is 9.92 Å². The molecule has 164 valence electrons. The van der Waals surface area contributed by atoms with E-state index in [0.717, 1.165) is 18.6 Å². The summed E-state index contributed by atoms with van der Waals surface area (Å²) in [6.07, 6.45) is 1.92. The predicted octanol–water partition coefficient (Wildman–Crippen LogP) is 1.50. The maximum Gasteiger partial charge on any atom is 0.306 e. The highest BCUT2D eigenvalue weighted by molar-refractivity contribution is 7.86. The number of nitrogens with two attached hydrogens (primary N) is 1. The number of rotatable bonds is 4. The summed E-state index contributed by atoms with van der Waals surface area (Å²) < 4.78 is 28.5. The number of nitrogen functional groups attached to an aromatic ring is 1. The second-order valence-electron chi connectivity index (χ2n) is 6.65. The lowest BCUT2D eigenvalue weighted by atomic mass is 10.0. The lowest BCUT2D eigenvalue weighted by Crippen LogP contribution is -2.08. The van der Waals surface area contributed by atoms with Gasteiger partial charge in [0.25, 0.3) is 0 Å². The number of hydrogen-bond donors (Lipinski definition) is 5. The maximum absolute atomic E-state index is 11.8. The molecule has 0 aliphatic rings. The lowest BCUT2D eigenvalue weighted by Gasteiger charge is -2.15. The Kier molecular flexibility index (Phi) is 4.82. The third kappa shape index (κ3) is 3.72. The Bertz CT molecular complexity index is 1490. The number of phenols is 4.